The van der Waals surface area contributed by atoms with E-state index in [1.54, 1.807) is 7.11 Å². The van der Waals surface area contributed by atoms with Crippen molar-refractivity contribution >= 4 is 22.5 Å². The topological polar surface area (TPSA) is 71.1 Å². The second-order valence-electron chi connectivity index (χ2n) is 8.55. The number of halogens is 1. The lowest BCUT2D eigenvalue weighted by molar-refractivity contribution is 0.241. The van der Waals surface area contributed by atoms with E-state index in [1.165, 1.54) is 0 Å². The molecule has 0 atom stereocenters. The number of nitrogens with one attached hydrogen (secondary N) is 1. The maximum Gasteiger partial charge on any atom is 0.255 e. The molecule has 0 aliphatic carbocycles. The Morgan fingerprint density at radius 1 is 1.24 bits per heavy atom. The fourth-order valence-electron chi connectivity index (χ4n) is 3.62. The molecule has 7 heteroatoms. The number of nitrogens with zero attached hydrogens (tertiary/aromatic N) is 3. The molecule has 3 aromatic rings. The van der Waals surface area contributed by atoms with E-state index >= 15 is 0 Å². The molecule has 0 bridgehead atoms. The molecule has 0 radical (unpaired) electrons. The number of methoxy groups -OCH3 is 1. The van der Waals surface area contributed by atoms with Crippen molar-refractivity contribution in [3.8, 4) is 5.75 Å². The smallest absolute Gasteiger partial charge is 0.255 e. The normalized spacial score (nSPS) is 14.8. The Kier molecular flexibility index (Phi) is 5.09. The highest BCUT2D eigenvalue weighted by atomic mass is 35.5. The van der Waals surface area contributed by atoms with Crippen molar-refractivity contribution in [2.75, 3.05) is 13.7 Å². The predicted octanol–water partition coefficient (Wildman–Crippen LogP) is 3.84. The van der Waals surface area contributed by atoms with Gasteiger partial charge in [0.05, 0.1) is 23.9 Å². The van der Waals surface area contributed by atoms with Crippen molar-refractivity contribution in [3.05, 3.63) is 62.4 Å². The fourth-order valence-corrected chi connectivity index (χ4v) is 3.83. The maximum atomic E-state index is 12.7. The Hall–Kier alpha value is -2.44. The highest BCUT2D eigenvalue weighted by molar-refractivity contribution is 6.30. The van der Waals surface area contributed by atoms with Crippen LogP contribution in [0.5, 0.6) is 5.75 Å². The first kappa shape index (κ1) is 19.9. The molecule has 152 valence electrons. The van der Waals surface area contributed by atoms with Gasteiger partial charge in [-0.3, -0.25) is 9.69 Å². The summed E-state index contributed by atoms with van der Waals surface area (Å²) < 4.78 is 5.31. The van der Waals surface area contributed by atoms with Gasteiger partial charge in [-0.1, -0.05) is 32.4 Å². The van der Waals surface area contributed by atoms with Crippen LogP contribution in [0.3, 0.4) is 0 Å². The molecule has 4 rings (SSSR count). The third kappa shape index (κ3) is 4.00. The number of rotatable bonds is 3. The molecule has 0 spiro atoms. The molecule has 29 heavy (non-hydrogen) atoms. The standard InChI is InChI=1S/C22H25ClN4O2/c1-22(2,3)21-25-18-7-8-27(12-16(18)20(28)26-21)11-14-9-13-10-15(29-4)5-6-17(13)24-19(14)23/h5-6,9-10H,7-8,11-12H2,1-4H3,(H,25,26,28). The van der Waals surface area contributed by atoms with Gasteiger partial charge in [-0.25, -0.2) is 9.97 Å². The van der Waals surface area contributed by atoms with Crippen molar-refractivity contribution in [1.29, 1.82) is 0 Å². The van der Waals surface area contributed by atoms with E-state index in [0.717, 1.165) is 52.3 Å². The minimum Gasteiger partial charge on any atom is -0.497 e. The van der Waals surface area contributed by atoms with Crippen molar-refractivity contribution in [2.24, 2.45) is 0 Å². The second kappa shape index (κ2) is 7.43. The summed E-state index contributed by atoms with van der Waals surface area (Å²) in [6, 6.07) is 7.78. The third-order valence-corrected chi connectivity index (χ3v) is 5.63. The van der Waals surface area contributed by atoms with Crippen LogP contribution in [-0.2, 0) is 24.9 Å². The summed E-state index contributed by atoms with van der Waals surface area (Å²) >= 11 is 6.45. The molecule has 0 amide bonds. The number of hydrogen-bond acceptors (Lipinski definition) is 5. The highest BCUT2D eigenvalue weighted by Gasteiger charge is 2.25. The van der Waals surface area contributed by atoms with Crippen molar-refractivity contribution < 1.29 is 4.74 Å². The van der Waals surface area contributed by atoms with E-state index in [2.05, 4.69) is 35.6 Å². The Balaban J connectivity index is 1.61. The quantitative estimate of drug-likeness (QED) is 0.662. The van der Waals surface area contributed by atoms with E-state index in [1.807, 2.05) is 24.3 Å². The first-order valence-corrected chi connectivity index (χ1v) is 10.1. The number of benzene rings is 1. The van der Waals surface area contributed by atoms with Gasteiger partial charge in [-0.05, 0) is 24.3 Å². The summed E-state index contributed by atoms with van der Waals surface area (Å²) in [5.74, 6) is 1.53. The van der Waals surface area contributed by atoms with Crippen molar-refractivity contribution in [1.82, 2.24) is 19.9 Å². The van der Waals surface area contributed by atoms with Gasteiger partial charge < -0.3 is 9.72 Å². The number of pyridine rings is 1. The molecule has 0 unspecified atom stereocenters. The molecule has 3 heterocycles. The molecule has 0 saturated carbocycles. The van der Waals surface area contributed by atoms with Crippen LogP contribution in [0.25, 0.3) is 10.9 Å². The summed E-state index contributed by atoms with van der Waals surface area (Å²) in [6.07, 6.45) is 0.745. The summed E-state index contributed by atoms with van der Waals surface area (Å²) in [4.78, 5) is 27.1. The zero-order chi connectivity index (χ0) is 20.8. The minimum atomic E-state index is -0.184. The van der Waals surface area contributed by atoms with E-state index in [4.69, 9.17) is 21.3 Å². The molecule has 0 saturated heterocycles. The predicted molar refractivity (Wildman–Crippen MR) is 115 cm³/mol. The van der Waals surface area contributed by atoms with Crippen LogP contribution in [0.2, 0.25) is 5.15 Å². The molecular formula is C22H25ClN4O2. The largest absolute Gasteiger partial charge is 0.497 e. The SMILES string of the molecule is COc1ccc2nc(Cl)c(CN3CCc4nc(C(C)(C)C)[nH]c(=O)c4C3)cc2c1. The second-order valence-corrected chi connectivity index (χ2v) is 8.91. The third-order valence-electron chi connectivity index (χ3n) is 5.30. The molecule has 1 N–H and O–H groups in total. The van der Waals surface area contributed by atoms with E-state index in [0.29, 0.717) is 18.2 Å². The van der Waals surface area contributed by atoms with Crippen LogP contribution in [0.15, 0.2) is 29.1 Å². The summed E-state index contributed by atoms with van der Waals surface area (Å²) in [6.45, 7) is 8.15. The number of H-pyrrole nitrogens is 1. The zero-order valence-corrected chi connectivity index (χ0v) is 17.9. The highest BCUT2D eigenvalue weighted by Crippen LogP contribution is 2.27. The monoisotopic (exact) mass is 412 g/mol. The summed E-state index contributed by atoms with van der Waals surface area (Å²) in [7, 11) is 1.65. The molecular weight excluding hydrogens is 388 g/mol. The number of ether oxygens (including phenoxy) is 1. The van der Waals surface area contributed by atoms with Crippen LogP contribution in [-0.4, -0.2) is 33.5 Å². The Labute approximate surface area is 174 Å². The molecule has 1 aromatic carbocycles. The lowest BCUT2D eigenvalue weighted by Gasteiger charge is -2.29. The van der Waals surface area contributed by atoms with Crippen LogP contribution in [0.4, 0.5) is 0 Å². The van der Waals surface area contributed by atoms with Crippen molar-refractivity contribution in [2.45, 2.75) is 45.7 Å². The lowest BCUT2D eigenvalue weighted by atomic mass is 9.95. The minimum absolute atomic E-state index is 0.0444. The molecule has 6 nitrogen and oxygen atoms in total. The Morgan fingerprint density at radius 3 is 2.76 bits per heavy atom. The molecule has 0 fully saturated rings. The van der Waals surface area contributed by atoms with Gasteiger partial charge >= 0.3 is 0 Å². The fraction of sp³-hybridized carbons (Fsp3) is 0.409. The van der Waals surface area contributed by atoms with Gasteiger partial charge in [0.1, 0.15) is 16.7 Å². The zero-order valence-electron chi connectivity index (χ0n) is 17.2. The first-order chi connectivity index (χ1) is 13.7. The number of fused-ring (bicyclic) bond motifs is 2. The summed E-state index contributed by atoms with van der Waals surface area (Å²) in [5.41, 5.74) is 3.19. The maximum absolute atomic E-state index is 12.7. The van der Waals surface area contributed by atoms with Gasteiger partial charge in [-0.2, -0.15) is 0 Å². The van der Waals surface area contributed by atoms with E-state index < -0.39 is 0 Å². The molecule has 1 aliphatic heterocycles. The van der Waals surface area contributed by atoms with Gasteiger partial charge in [0.15, 0.2) is 0 Å². The number of aromatic amines is 1. The van der Waals surface area contributed by atoms with Crippen LogP contribution in [0.1, 0.15) is 43.4 Å². The molecule has 1 aliphatic rings. The van der Waals surface area contributed by atoms with Gasteiger partial charge in [0.2, 0.25) is 0 Å². The summed E-state index contributed by atoms with van der Waals surface area (Å²) in [5, 5.41) is 1.47. The van der Waals surface area contributed by atoms with Gasteiger partial charge in [0, 0.05) is 42.4 Å². The Morgan fingerprint density at radius 2 is 2.03 bits per heavy atom. The average molecular weight is 413 g/mol. The van der Waals surface area contributed by atoms with Gasteiger partial charge in [-0.15, -0.1) is 0 Å². The number of aromatic nitrogens is 3. The lowest BCUT2D eigenvalue weighted by Crippen LogP contribution is -2.37. The van der Waals surface area contributed by atoms with Gasteiger partial charge in [0.25, 0.3) is 5.56 Å². The van der Waals surface area contributed by atoms with Crippen LogP contribution in [0, 0.1) is 0 Å². The van der Waals surface area contributed by atoms with E-state index in [-0.39, 0.29) is 11.0 Å². The Bertz CT molecular complexity index is 1130. The molecule has 2 aromatic heterocycles. The average Bonchev–Trinajstić information content (AvgIpc) is 2.68. The number of hydrogen-bond donors (Lipinski definition) is 1. The first-order valence-electron chi connectivity index (χ1n) is 9.72. The van der Waals surface area contributed by atoms with Crippen LogP contribution < -0.4 is 10.3 Å². The van der Waals surface area contributed by atoms with Crippen LogP contribution >= 0.6 is 11.6 Å². The van der Waals surface area contributed by atoms with Crippen molar-refractivity contribution in [3.63, 3.8) is 0 Å². The van der Waals surface area contributed by atoms with E-state index in [9.17, 15) is 4.79 Å².